The molecule has 1 saturated carbocycles. The summed E-state index contributed by atoms with van der Waals surface area (Å²) >= 11 is 3.57. The Bertz CT molecular complexity index is 634. The molecule has 1 N–H and O–H groups in total. The van der Waals surface area contributed by atoms with Gasteiger partial charge >= 0.3 is 0 Å². The van der Waals surface area contributed by atoms with E-state index in [2.05, 4.69) is 20.8 Å². The lowest BCUT2D eigenvalue weighted by Crippen LogP contribution is -2.53. The smallest absolute Gasteiger partial charge is 0.294 e. The second-order valence-electron chi connectivity index (χ2n) is 6.05. The number of halogens is 1. The first kappa shape index (κ1) is 15.5. The molecule has 1 saturated heterocycles. The summed E-state index contributed by atoms with van der Waals surface area (Å²) in [6.45, 7) is 2.14. The van der Waals surface area contributed by atoms with Crippen molar-refractivity contribution < 1.29 is 13.0 Å². The topological polar surface area (TPSA) is 57.6 Å². The van der Waals surface area contributed by atoms with Gasteiger partial charge in [0.25, 0.3) is 10.1 Å². The Morgan fingerprint density at radius 3 is 2.29 bits per heavy atom. The molecule has 4 nitrogen and oxygen atoms in total. The van der Waals surface area contributed by atoms with Gasteiger partial charge in [0.05, 0.1) is 4.90 Å². The average molecular weight is 374 g/mol. The molecule has 0 atom stereocenters. The molecule has 0 spiro atoms. The molecule has 1 heterocycles. The summed E-state index contributed by atoms with van der Waals surface area (Å²) in [4.78, 5) is 2.50. The van der Waals surface area contributed by atoms with Crippen LogP contribution in [-0.4, -0.2) is 31.0 Å². The first-order chi connectivity index (χ1) is 9.93. The summed E-state index contributed by atoms with van der Waals surface area (Å²) in [6, 6.07) is 4.83. The van der Waals surface area contributed by atoms with Gasteiger partial charge < -0.3 is 0 Å². The summed E-state index contributed by atoms with van der Waals surface area (Å²) in [5, 5.41) is 0. The van der Waals surface area contributed by atoms with E-state index in [1.54, 1.807) is 12.1 Å². The number of piperidine rings is 1. The van der Waals surface area contributed by atoms with Crippen molar-refractivity contribution in [1.82, 2.24) is 4.90 Å². The molecule has 1 aliphatic heterocycles. The minimum Gasteiger partial charge on any atom is -0.294 e. The van der Waals surface area contributed by atoms with E-state index in [0.717, 1.165) is 36.0 Å². The molecule has 3 rings (SSSR count). The lowest BCUT2D eigenvalue weighted by atomic mass is 9.70. The van der Waals surface area contributed by atoms with E-state index in [9.17, 15) is 13.0 Å². The molecule has 0 aromatic heterocycles. The molecule has 1 aromatic rings. The van der Waals surface area contributed by atoms with Crippen LogP contribution in [-0.2, 0) is 15.7 Å². The fourth-order valence-corrected chi connectivity index (χ4v) is 4.73. The van der Waals surface area contributed by atoms with Crippen LogP contribution in [0.4, 0.5) is 0 Å². The van der Waals surface area contributed by atoms with Crippen LogP contribution in [0, 0.1) is 0 Å². The van der Waals surface area contributed by atoms with Crippen molar-refractivity contribution in [3.05, 3.63) is 28.2 Å². The van der Waals surface area contributed by atoms with Gasteiger partial charge in [-0.1, -0.05) is 22.4 Å². The fraction of sp³-hybridized carbons (Fsp3) is 0.600. The van der Waals surface area contributed by atoms with Crippen LogP contribution in [0.3, 0.4) is 0 Å². The Kier molecular flexibility index (Phi) is 4.16. The number of nitrogens with zero attached hydrogens (tertiary/aromatic N) is 1. The van der Waals surface area contributed by atoms with Crippen LogP contribution in [0.25, 0.3) is 0 Å². The molecule has 116 valence electrons. The molecule has 0 bridgehead atoms. The molecule has 1 aliphatic carbocycles. The third-order valence-corrected chi connectivity index (χ3v) is 6.42. The molecule has 2 fully saturated rings. The number of hydrogen-bond acceptors (Lipinski definition) is 3. The van der Waals surface area contributed by atoms with Gasteiger partial charge in [-0.2, -0.15) is 8.42 Å². The number of benzene rings is 1. The van der Waals surface area contributed by atoms with Crippen LogP contribution in [0.15, 0.2) is 27.6 Å². The predicted octanol–water partition coefficient (Wildman–Crippen LogP) is 3.56. The third-order valence-electron chi connectivity index (χ3n) is 4.88. The largest absolute Gasteiger partial charge is 0.294 e. The molecular weight excluding hydrogens is 354 g/mol. The zero-order chi connectivity index (χ0) is 15.1. The molecular formula is C15H20BrNO3S. The van der Waals surface area contributed by atoms with Gasteiger partial charge in [0, 0.05) is 10.0 Å². The van der Waals surface area contributed by atoms with Gasteiger partial charge in [-0.05, 0) is 69.0 Å². The van der Waals surface area contributed by atoms with Crippen LogP contribution in [0.1, 0.15) is 44.1 Å². The van der Waals surface area contributed by atoms with E-state index in [1.807, 2.05) is 0 Å². The first-order valence-electron chi connectivity index (χ1n) is 7.46. The Hall–Kier alpha value is -0.430. The normalized spacial score (nSPS) is 22.8. The van der Waals surface area contributed by atoms with Gasteiger partial charge in [-0.25, -0.2) is 0 Å². The highest BCUT2D eigenvalue weighted by molar-refractivity contribution is 9.10. The number of rotatable bonds is 3. The summed E-state index contributed by atoms with van der Waals surface area (Å²) in [6.07, 6.45) is 6.97. The zero-order valence-electron chi connectivity index (χ0n) is 11.9. The van der Waals surface area contributed by atoms with Crippen LogP contribution in [0.5, 0.6) is 0 Å². The molecule has 0 radical (unpaired) electrons. The molecule has 6 heteroatoms. The van der Waals surface area contributed by atoms with Gasteiger partial charge in [-0.15, -0.1) is 0 Å². The van der Waals surface area contributed by atoms with Gasteiger partial charge in [0.2, 0.25) is 0 Å². The summed E-state index contributed by atoms with van der Waals surface area (Å²) in [5.41, 5.74) is 0.950. The van der Waals surface area contributed by atoms with E-state index in [-0.39, 0.29) is 10.4 Å². The van der Waals surface area contributed by atoms with E-state index in [4.69, 9.17) is 0 Å². The minimum absolute atomic E-state index is 0.0102. The molecule has 21 heavy (non-hydrogen) atoms. The quantitative estimate of drug-likeness (QED) is 0.822. The highest BCUT2D eigenvalue weighted by atomic mass is 79.9. The average Bonchev–Trinajstić information content (AvgIpc) is 2.39. The minimum atomic E-state index is -4.16. The van der Waals surface area contributed by atoms with Gasteiger partial charge in [-0.3, -0.25) is 9.45 Å². The molecule has 0 unspecified atom stereocenters. The third kappa shape index (κ3) is 2.79. The second kappa shape index (κ2) is 5.65. The van der Waals surface area contributed by atoms with E-state index >= 15 is 0 Å². The lowest BCUT2D eigenvalue weighted by Gasteiger charge is -2.52. The highest BCUT2D eigenvalue weighted by Crippen LogP contribution is 2.50. The van der Waals surface area contributed by atoms with Crippen molar-refractivity contribution in [2.24, 2.45) is 0 Å². The maximum Gasteiger partial charge on any atom is 0.294 e. The second-order valence-corrected chi connectivity index (χ2v) is 8.33. The summed E-state index contributed by atoms with van der Waals surface area (Å²) in [5.74, 6) is 0. The molecule has 0 amide bonds. The highest BCUT2D eigenvalue weighted by Gasteiger charge is 2.45. The molecule has 2 aliphatic rings. The van der Waals surface area contributed by atoms with Crippen molar-refractivity contribution in [3.63, 3.8) is 0 Å². The fourth-order valence-electron chi connectivity index (χ4n) is 3.61. The first-order valence-corrected chi connectivity index (χ1v) is 9.69. The SMILES string of the molecule is O=S(=O)(O)c1ccc(Br)c(C2(N3CCCCC3)CCC2)c1. The van der Waals surface area contributed by atoms with Crippen molar-refractivity contribution in [3.8, 4) is 0 Å². The van der Waals surface area contributed by atoms with Crippen molar-refractivity contribution in [1.29, 1.82) is 0 Å². The maximum atomic E-state index is 11.4. The number of likely N-dealkylation sites (tertiary alicyclic amines) is 1. The van der Waals surface area contributed by atoms with E-state index in [0.29, 0.717) is 0 Å². The van der Waals surface area contributed by atoms with Crippen LogP contribution in [0.2, 0.25) is 0 Å². The Morgan fingerprint density at radius 1 is 1.10 bits per heavy atom. The standard InChI is InChI=1S/C15H20BrNO3S/c16-14-6-5-12(21(18,19)20)11-13(14)15(7-4-8-15)17-9-2-1-3-10-17/h5-6,11H,1-4,7-10H2,(H,18,19,20). The van der Waals surface area contributed by atoms with Crippen molar-refractivity contribution in [2.45, 2.75) is 49.0 Å². The van der Waals surface area contributed by atoms with Crippen LogP contribution < -0.4 is 0 Å². The zero-order valence-corrected chi connectivity index (χ0v) is 14.3. The maximum absolute atomic E-state index is 11.4. The Balaban J connectivity index is 2.04. The van der Waals surface area contributed by atoms with Crippen molar-refractivity contribution >= 4 is 26.0 Å². The van der Waals surface area contributed by atoms with Gasteiger partial charge in [0.1, 0.15) is 0 Å². The summed E-state index contributed by atoms with van der Waals surface area (Å²) < 4.78 is 33.1. The number of hydrogen-bond donors (Lipinski definition) is 1. The Labute approximate surface area is 134 Å². The monoisotopic (exact) mass is 373 g/mol. The van der Waals surface area contributed by atoms with E-state index in [1.165, 1.54) is 31.7 Å². The van der Waals surface area contributed by atoms with Crippen molar-refractivity contribution in [2.75, 3.05) is 13.1 Å². The van der Waals surface area contributed by atoms with Gasteiger partial charge in [0.15, 0.2) is 0 Å². The predicted molar refractivity (Wildman–Crippen MR) is 84.9 cm³/mol. The molecule has 1 aromatic carbocycles. The van der Waals surface area contributed by atoms with Crippen LogP contribution >= 0.6 is 15.9 Å². The lowest BCUT2D eigenvalue weighted by molar-refractivity contribution is -0.00293. The summed E-state index contributed by atoms with van der Waals surface area (Å²) in [7, 11) is -4.16. The van der Waals surface area contributed by atoms with E-state index < -0.39 is 10.1 Å². The Morgan fingerprint density at radius 2 is 1.76 bits per heavy atom.